The summed E-state index contributed by atoms with van der Waals surface area (Å²) in [6, 6.07) is 1.66. The predicted molar refractivity (Wildman–Crippen MR) is 66.6 cm³/mol. The van der Waals surface area contributed by atoms with Crippen LogP contribution in [0.4, 0.5) is 0 Å². The summed E-state index contributed by atoms with van der Waals surface area (Å²) in [7, 11) is 0. The van der Waals surface area contributed by atoms with Gasteiger partial charge >= 0.3 is 5.97 Å². The molecule has 8 nitrogen and oxygen atoms in total. The van der Waals surface area contributed by atoms with Crippen molar-refractivity contribution in [2.75, 3.05) is 6.61 Å². The van der Waals surface area contributed by atoms with Crippen molar-refractivity contribution >= 4 is 12.3 Å². The van der Waals surface area contributed by atoms with Crippen LogP contribution in [0, 0.1) is 0 Å². The molecule has 110 valence electrons. The number of aldehydes is 1. The summed E-state index contributed by atoms with van der Waals surface area (Å²) in [6.45, 7) is -0.558. The molecule has 5 N–H and O–H groups in total. The quantitative estimate of drug-likeness (QED) is 0.328. The van der Waals surface area contributed by atoms with Crippen molar-refractivity contribution in [3.63, 3.8) is 0 Å². The van der Waals surface area contributed by atoms with Crippen LogP contribution in [-0.2, 0) is 9.53 Å². The van der Waals surface area contributed by atoms with E-state index in [1.165, 1.54) is 24.5 Å². The highest BCUT2D eigenvalue weighted by Crippen LogP contribution is 2.05. The Bertz CT molecular complexity index is 441. The number of nitrogens with zero attached hydrogens (tertiary/aromatic N) is 1. The highest BCUT2D eigenvalue weighted by Gasteiger charge is 2.30. The number of aliphatic hydroxyl groups is 3. The molecule has 20 heavy (non-hydrogen) atoms. The Hall–Kier alpha value is -1.87. The van der Waals surface area contributed by atoms with Crippen LogP contribution in [0.25, 0.3) is 0 Å². The van der Waals surface area contributed by atoms with Gasteiger partial charge in [-0.3, -0.25) is 4.98 Å². The van der Waals surface area contributed by atoms with Crippen molar-refractivity contribution in [1.29, 1.82) is 0 Å². The molecular formula is C12H16N2O6. The molecule has 1 aromatic heterocycles. The standard InChI is InChI=1S/C12H16N2O6/c13-8(5-15)10(17)11(18)9(16)6-20-12(19)7-2-1-3-14-4-7/h1-5,8-11,16-18H,6,13H2/t8-,9+,10+,11+/m0/s1. The van der Waals surface area contributed by atoms with Gasteiger partial charge in [-0.05, 0) is 12.1 Å². The molecule has 0 unspecified atom stereocenters. The van der Waals surface area contributed by atoms with Gasteiger partial charge in [0.2, 0.25) is 0 Å². The van der Waals surface area contributed by atoms with Crippen LogP contribution >= 0.6 is 0 Å². The van der Waals surface area contributed by atoms with Gasteiger partial charge in [-0.2, -0.15) is 0 Å². The second-order valence-electron chi connectivity index (χ2n) is 4.10. The van der Waals surface area contributed by atoms with E-state index in [1.807, 2.05) is 0 Å². The minimum Gasteiger partial charge on any atom is -0.459 e. The van der Waals surface area contributed by atoms with Gasteiger partial charge in [-0.15, -0.1) is 0 Å². The summed E-state index contributed by atoms with van der Waals surface area (Å²) in [5, 5.41) is 28.5. The number of nitrogens with two attached hydrogens (primary N) is 1. The minimum absolute atomic E-state index is 0.180. The van der Waals surface area contributed by atoms with E-state index in [2.05, 4.69) is 4.98 Å². The summed E-state index contributed by atoms with van der Waals surface area (Å²) in [5.41, 5.74) is 5.38. The van der Waals surface area contributed by atoms with E-state index in [0.717, 1.165) is 0 Å². The van der Waals surface area contributed by atoms with E-state index in [-0.39, 0.29) is 11.8 Å². The highest BCUT2D eigenvalue weighted by molar-refractivity contribution is 5.88. The lowest BCUT2D eigenvalue weighted by Crippen LogP contribution is -2.50. The normalized spacial score (nSPS) is 16.8. The van der Waals surface area contributed by atoms with Gasteiger partial charge in [0, 0.05) is 12.4 Å². The molecule has 0 aliphatic carbocycles. The number of hydrogen-bond acceptors (Lipinski definition) is 8. The third-order valence-electron chi connectivity index (χ3n) is 2.58. The molecule has 0 aliphatic rings. The number of ether oxygens (including phenoxy) is 1. The molecule has 0 saturated heterocycles. The van der Waals surface area contributed by atoms with E-state index in [1.54, 1.807) is 0 Å². The monoisotopic (exact) mass is 284 g/mol. The Balaban J connectivity index is 2.49. The van der Waals surface area contributed by atoms with Gasteiger partial charge in [0.1, 0.15) is 31.2 Å². The second kappa shape index (κ2) is 7.65. The lowest BCUT2D eigenvalue weighted by molar-refractivity contribution is -0.118. The maximum Gasteiger partial charge on any atom is 0.339 e. The zero-order valence-electron chi connectivity index (χ0n) is 10.5. The Labute approximate surface area is 114 Å². The molecule has 0 aromatic carbocycles. The fraction of sp³-hybridized carbons (Fsp3) is 0.417. The maximum absolute atomic E-state index is 11.5. The van der Waals surface area contributed by atoms with Crippen LogP contribution in [0.5, 0.6) is 0 Å². The molecule has 0 radical (unpaired) electrons. The lowest BCUT2D eigenvalue weighted by Gasteiger charge is -2.24. The molecule has 0 spiro atoms. The summed E-state index contributed by atoms with van der Waals surface area (Å²) in [4.78, 5) is 25.6. The summed E-state index contributed by atoms with van der Waals surface area (Å²) >= 11 is 0. The van der Waals surface area contributed by atoms with E-state index >= 15 is 0 Å². The van der Waals surface area contributed by atoms with E-state index < -0.39 is 36.9 Å². The molecule has 4 atom stereocenters. The van der Waals surface area contributed by atoms with Crippen molar-refractivity contribution < 1.29 is 29.6 Å². The Kier molecular flexibility index (Phi) is 6.19. The first-order valence-corrected chi connectivity index (χ1v) is 5.79. The molecule has 0 bridgehead atoms. The third-order valence-corrected chi connectivity index (χ3v) is 2.58. The number of hydrogen-bond donors (Lipinski definition) is 4. The SMILES string of the molecule is N[C@@H](C=O)[C@@H](O)[C@H](O)[C@H](O)COC(=O)c1cccnc1. The van der Waals surface area contributed by atoms with Crippen LogP contribution in [-0.4, -0.2) is 63.5 Å². The first-order chi connectivity index (χ1) is 9.47. The van der Waals surface area contributed by atoms with Gasteiger partial charge in [0.15, 0.2) is 0 Å². The van der Waals surface area contributed by atoms with Crippen LogP contribution in [0.15, 0.2) is 24.5 Å². The molecule has 1 heterocycles. The van der Waals surface area contributed by atoms with Crippen LogP contribution in [0.2, 0.25) is 0 Å². The second-order valence-corrected chi connectivity index (χ2v) is 4.10. The van der Waals surface area contributed by atoms with Gasteiger partial charge in [-0.1, -0.05) is 0 Å². The van der Waals surface area contributed by atoms with E-state index in [0.29, 0.717) is 0 Å². The average molecular weight is 284 g/mol. The molecular weight excluding hydrogens is 268 g/mol. The first kappa shape index (κ1) is 16.2. The Morgan fingerprint density at radius 3 is 2.65 bits per heavy atom. The molecule has 0 aliphatic heterocycles. The van der Waals surface area contributed by atoms with Gasteiger partial charge in [-0.25, -0.2) is 4.79 Å². The van der Waals surface area contributed by atoms with Crippen molar-refractivity contribution in [3.05, 3.63) is 30.1 Å². The zero-order valence-corrected chi connectivity index (χ0v) is 10.5. The molecule has 0 fully saturated rings. The minimum atomic E-state index is -1.71. The zero-order chi connectivity index (χ0) is 15.1. The molecule has 0 amide bonds. The Morgan fingerprint density at radius 2 is 2.10 bits per heavy atom. The molecule has 1 rings (SSSR count). The number of rotatable bonds is 7. The fourth-order valence-corrected chi connectivity index (χ4v) is 1.36. The number of esters is 1. The van der Waals surface area contributed by atoms with Crippen LogP contribution in [0.1, 0.15) is 10.4 Å². The van der Waals surface area contributed by atoms with E-state index in [4.69, 9.17) is 10.5 Å². The molecule has 1 aromatic rings. The lowest BCUT2D eigenvalue weighted by atomic mass is 10.0. The first-order valence-electron chi connectivity index (χ1n) is 5.79. The smallest absolute Gasteiger partial charge is 0.339 e. The molecule has 0 saturated carbocycles. The number of aliphatic hydroxyl groups excluding tert-OH is 3. The van der Waals surface area contributed by atoms with Crippen molar-refractivity contribution in [3.8, 4) is 0 Å². The number of aromatic nitrogens is 1. The predicted octanol–water partition coefficient (Wildman–Crippen LogP) is -2.15. The van der Waals surface area contributed by atoms with Gasteiger partial charge < -0.3 is 30.6 Å². The van der Waals surface area contributed by atoms with Crippen molar-refractivity contribution in [1.82, 2.24) is 4.98 Å². The number of carbonyl (C=O) groups excluding carboxylic acids is 2. The summed E-state index contributed by atoms with van der Waals surface area (Å²) < 4.78 is 4.75. The number of pyridine rings is 1. The van der Waals surface area contributed by atoms with E-state index in [9.17, 15) is 24.9 Å². The highest BCUT2D eigenvalue weighted by atomic mass is 16.5. The van der Waals surface area contributed by atoms with Gasteiger partial charge in [0.05, 0.1) is 11.6 Å². The van der Waals surface area contributed by atoms with Gasteiger partial charge in [0.25, 0.3) is 0 Å². The summed E-state index contributed by atoms with van der Waals surface area (Å²) in [5.74, 6) is -0.737. The molecule has 8 heteroatoms. The van der Waals surface area contributed by atoms with Crippen molar-refractivity contribution in [2.45, 2.75) is 24.4 Å². The van der Waals surface area contributed by atoms with Crippen LogP contribution in [0.3, 0.4) is 0 Å². The Morgan fingerprint density at radius 1 is 1.40 bits per heavy atom. The maximum atomic E-state index is 11.5. The summed E-state index contributed by atoms with van der Waals surface area (Å²) in [6.07, 6.45) is -1.94. The average Bonchev–Trinajstić information content (AvgIpc) is 2.50. The van der Waals surface area contributed by atoms with Crippen molar-refractivity contribution in [2.24, 2.45) is 5.73 Å². The van der Waals surface area contributed by atoms with Crippen LogP contribution < -0.4 is 5.73 Å². The topological polar surface area (TPSA) is 143 Å². The fourth-order valence-electron chi connectivity index (χ4n) is 1.36. The third kappa shape index (κ3) is 4.35. The number of carbonyl (C=O) groups is 2. The largest absolute Gasteiger partial charge is 0.459 e.